The summed E-state index contributed by atoms with van der Waals surface area (Å²) < 4.78 is 7.55. The van der Waals surface area contributed by atoms with Crippen molar-refractivity contribution in [2.75, 3.05) is 26.3 Å². The van der Waals surface area contributed by atoms with E-state index < -0.39 is 0 Å². The van der Waals surface area contributed by atoms with Gasteiger partial charge in [0.2, 0.25) is 0 Å². The Kier molecular flexibility index (Phi) is 4.71. The van der Waals surface area contributed by atoms with Gasteiger partial charge in [0.1, 0.15) is 12.0 Å². The first-order chi connectivity index (χ1) is 11.1. The molecular formula is C17H22N4O2. The molecule has 2 aromatic heterocycles. The number of hydrogen-bond donors (Lipinski definition) is 0. The highest BCUT2D eigenvalue weighted by Crippen LogP contribution is 2.15. The lowest BCUT2D eigenvalue weighted by molar-refractivity contribution is 0.0728. The number of aromatic nitrogens is 3. The molecular weight excluding hydrogens is 292 g/mol. The van der Waals surface area contributed by atoms with Gasteiger partial charge in [0.15, 0.2) is 0 Å². The summed E-state index contributed by atoms with van der Waals surface area (Å²) >= 11 is 0. The second kappa shape index (κ2) is 6.91. The molecule has 0 N–H and O–H groups in total. The topological polar surface area (TPSA) is 60.2 Å². The van der Waals surface area contributed by atoms with E-state index in [1.54, 1.807) is 6.33 Å². The van der Waals surface area contributed by atoms with Crippen LogP contribution >= 0.6 is 0 Å². The number of rotatable bonds is 3. The van der Waals surface area contributed by atoms with Crippen molar-refractivity contribution in [1.29, 1.82) is 0 Å². The van der Waals surface area contributed by atoms with Crippen LogP contribution in [0.1, 0.15) is 21.9 Å². The molecule has 1 atom stereocenters. The normalized spacial score (nSPS) is 18.7. The summed E-state index contributed by atoms with van der Waals surface area (Å²) in [5.74, 6) is 0.308. The lowest BCUT2D eigenvalue weighted by Gasteiger charge is -2.23. The smallest absolute Gasteiger partial charge is 0.270 e. The molecule has 6 nitrogen and oxygen atoms in total. The fraction of sp³-hybridized carbons (Fsp3) is 0.471. The van der Waals surface area contributed by atoms with Crippen LogP contribution in [0.15, 0.2) is 30.7 Å². The zero-order valence-corrected chi connectivity index (χ0v) is 13.6. The number of amides is 1. The van der Waals surface area contributed by atoms with Crippen molar-refractivity contribution in [1.82, 2.24) is 19.4 Å². The first-order valence-corrected chi connectivity index (χ1v) is 7.89. The fourth-order valence-electron chi connectivity index (χ4n) is 2.95. The number of aryl methyl sites for hydroxylation is 2. The molecule has 3 heterocycles. The predicted molar refractivity (Wildman–Crippen MR) is 86.1 cm³/mol. The Bertz CT molecular complexity index is 683. The Morgan fingerprint density at radius 2 is 2.30 bits per heavy atom. The van der Waals surface area contributed by atoms with Gasteiger partial charge in [-0.2, -0.15) is 0 Å². The molecule has 3 rings (SSSR count). The second-order valence-electron chi connectivity index (χ2n) is 6.05. The van der Waals surface area contributed by atoms with Crippen molar-refractivity contribution in [3.05, 3.63) is 47.8 Å². The minimum absolute atomic E-state index is 0.0619. The van der Waals surface area contributed by atoms with Crippen molar-refractivity contribution in [2.24, 2.45) is 13.0 Å². The van der Waals surface area contributed by atoms with Crippen LogP contribution in [0.3, 0.4) is 0 Å². The molecule has 1 saturated heterocycles. The maximum atomic E-state index is 12.7. The highest BCUT2D eigenvalue weighted by Gasteiger charge is 2.25. The molecule has 6 heteroatoms. The minimum Gasteiger partial charge on any atom is -0.379 e. The van der Waals surface area contributed by atoms with Gasteiger partial charge in [-0.1, -0.05) is 0 Å². The van der Waals surface area contributed by atoms with Gasteiger partial charge in [0.25, 0.3) is 5.91 Å². The van der Waals surface area contributed by atoms with Crippen LogP contribution in [0.5, 0.6) is 0 Å². The van der Waals surface area contributed by atoms with Gasteiger partial charge in [-0.05, 0) is 31.5 Å². The molecule has 0 saturated carbocycles. The van der Waals surface area contributed by atoms with Crippen LogP contribution < -0.4 is 0 Å². The first kappa shape index (κ1) is 15.7. The molecule has 0 unspecified atom stereocenters. The van der Waals surface area contributed by atoms with Gasteiger partial charge in [-0.25, -0.2) is 9.97 Å². The lowest BCUT2D eigenvalue weighted by atomic mass is 10.0. The molecule has 122 valence electrons. The summed E-state index contributed by atoms with van der Waals surface area (Å²) in [4.78, 5) is 23.1. The Labute approximate surface area is 136 Å². The average Bonchev–Trinajstić information content (AvgIpc) is 2.81. The van der Waals surface area contributed by atoms with Gasteiger partial charge in [0, 0.05) is 43.6 Å². The number of carbonyl (C=O) groups excluding carboxylic acids is 1. The van der Waals surface area contributed by atoms with Crippen LogP contribution in [0.2, 0.25) is 0 Å². The molecule has 0 spiro atoms. The van der Waals surface area contributed by atoms with Gasteiger partial charge in [-0.15, -0.1) is 0 Å². The SMILES string of the molecule is Cc1cc(C[C@@H]2COCCN(C(=O)c3cccn3C)C2)ncn1. The van der Waals surface area contributed by atoms with Crippen LogP contribution in [0.4, 0.5) is 0 Å². The minimum atomic E-state index is 0.0619. The van der Waals surface area contributed by atoms with Gasteiger partial charge in [-0.3, -0.25) is 4.79 Å². The third-order valence-corrected chi connectivity index (χ3v) is 4.15. The van der Waals surface area contributed by atoms with Crippen molar-refractivity contribution >= 4 is 5.91 Å². The van der Waals surface area contributed by atoms with Gasteiger partial charge in [0.05, 0.1) is 13.2 Å². The van der Waals surface area contributed by atoms with Crippen LogP contribution in [0.25, 0.3) is 0 Å². The number of nitrogens with zero attached hydrogens (tertiary/aromatic N) is 4. The van der Waals surface area contributed by atoms with E-state index in [-0.39, 0.29) is 11.8 Å². The number of hydrogen-bond acceptors (Lipinski definition) is 4. The van der Waals surface area contributed by atoms with Crippen molar-refractivity contribution in [3.63, 3.8) is 0 Å². The Morgan fingerprint density at radius 3 is 3.04 bits per heavy atom. The van der Waals surface area contributed by atoms with E-state index in [0.29, 0.717) is 32.0 Å². The Morgan fingerprint density at radius 1 is 1.43 bits per heavy atom. The van der Waals surface area contributed by atoms with Crippen LogP contribution in [0, 0.1) is 12.8 Å². The Hall–Kier alpha value is -2.21. The lowest BCUT2D eigenvalue weighted by Crippen LogP contribution is -2.37. The summed E-state index contributed by atoms with van der Waals surface area (Å²) in [7, 11) is 1.89. The zero-order valence-electron chi connectivity index (χ0n) is 13.6. The third kappa shape index (κ3) is 3.76. The predicted octanol–water partition coefficient (Wildman–Crippen LogP) is 1.45. The zero-order chi connectivity index (χ0) is 16.2. The van der Waals surface area contributed by atoms with Crippen molar-refractivity contribution in [2.45, 2.75) is 13.3 Å². The molecule has 0 radical (unpaired) electrons. The van der Waals surface area contributed by atoms with E-state index in [1.807, 2.05) is 47.8 Å². The van der Waals surface area contributed by atoms with E-state index in [4.69, 9.17) is 4.74 Å². The Balaban J connectivity index is 1.71. The van der Waals surface area contributed by atoms with E-state index in [2.05, 4.69) is 9.97 Å². The summed E-state index contributed by atoms with van der Waals surface area (Å²) in [5, 5.41) is 0. The highest BCUT2D eigenvalue weighted by molar-refractivity contribution is 5.92. The largest absolute Gasteiger partial charge is 0.379 e. The molecule has 1 fully saturated rings. The maximum Gasteiger partial charge on any atom is 0.270 e. The molecule has 1 aliphatic heterocycles. The average molecular weight is 314 g/mol. The second-order valence-corrected chi connectivity index (χ2v) is 6.05. The van der Waals surface area contributed by atoms with Gasteiger partial charge >= 0.3 is 0 Å². The summed E-state index contributed by atoms with van der Waals surface area (Å²) in [5.41, 5.74) is 2.67. The maximum absolute atomic E-state index is 12.7. The monoisotopic (exact) mass is 314 g/mol. The molecule has 23 heavy (non-hydrogen) atoms. The molecule has 1 amide bonds. The molecule has 1 aliphatic rings. The van der Waals surface area contributed by atoms with E-state index in [1.165, 1.54) is 0 Å². The van der Waals surface area contributed by atoms with Crippen molar-refractivity contribution in [3.8, 4) is 0 Å². The van der Waals surface area contributed by atoms with Crippen LogP contribution in [-0.2, 0) is 18.2 Å². The van der Waals surface area contributed by atoms with Crippen LogP contribution in [-0.4, -0.2) is 51.6 Å². The molecule has 2 aromatic rings. The quantitative estimate of drug-likeness (QED) is 0.860. The summed E-state index contributed by atoms with van der Waals surface area (Å²) in [6.45, 7) is 4.51. The van der Waals surface area contributed by atoms with E-state index in [9.17, 15) is 4.79 Å². The summed E-state index contributed by atoms with van der Waals surface area (Å²) in [6, 6.07) is 5.74. The number of ether oxygens (including phenoxy) is 1. The number of carbonyl (C=O) groups is 1. The highest BCUT2D eigenvalue weighted by atomic mass is 16.5. The first-order valence-electron chi connectivity index (χ1n) is 7.89. The van der Waals surface area contributed by atoms with Crippen molar-refractivity contribution < 1.29 is 9.53 Å². The fourth-order valence-corrected chi connectivity index (χ4v) is 2.95. The third-order valence-electron chi connectivity index (χ3n) is 4.15. The van der Waals surface area contributed by atoms with E-state index >= 15 is 0 Å². The molecule has 0 aliphatic carbocycles. The standard InChI is InChI=1S/C17H22N4O2/c1-13-8-15(19-12-18-13)9-14-10-21(6-7-23-11-14)17(22)16-4-3-5-20(16)2/h3-5,8,12,14H,6-7,9-11H2,1-2H3/t14-/m0/s1. The van der Waals surface area contributed by atoms with E-state index in [0.717, 1.165) is 17.8 Å². The molecule has 0 bridgehead atoms. The van der Waals surface area contributed by atoms with Gasteiger partial charge < -0.3 is 14.2 Å². The molecule has 0 aromatic carbocycles. The summed E-state index contributed by atoms with van der Waals surface area (Å²) in [6.07, 6.45) is 4.28.